The molecule has 0 saturated heterocycles. The van der Waals surface area contributed by atoms with Gasteiger partial charge in [0.2, 0.25) is 0 Å². The van der Waals surface area contributed by atoms with Gasteiger partial charge in [-0.3, -0.25) is 29.3 Å². The van der Waals surface area contributed by atoms with Crippen LogP contribution in [-0.2, 0) is 20.2 Å². The summed E-state index contributed by atoms with van der Waals surface area (Å²) in [5.41, 5.74) is -2.85. The molecular formula is C16H10N4NaO11S2+. The van der Waals surface area contributed by atoms with Crippen LogP contribution in [0.15, 0.2) is 62.5 Å². The summed E-state index contributed by atoms with van der Waals surface area (Å²) in [7, 11) is -9.78. The average molecular weight is 521 g/mol. The first-order valence-corrected chi connectivity index (χ1v) is 11.2. The van der Waals surface area contributed by atoms with E-state index >= 15 is 0 Å². The monoisotopic (exact) mass is 521 g/mol. The minimum Gasteiger partial charge on any atom is -0.505 e. The van der Waals surface area contributed by atoms with Gasteiger partial charge in [-0.15, -0.1) is 10.2 Å². The Balaban J connectivity index is 0.00000408. The topological polar surface area (TPSA) is 240 Å². The van der Waals surface area contributed by atoms with Crippen molar-refractivity contribution in [1.82, 2.24) is 0 Å². The van der Waals surface area contributed by atoms with Crippen molar-refractivity contribution < 1.29 is 70.5 Å². The molecule has 0 aliphatic rings. The number of hydrogen-bond donors (Lipinski definition) is 3. The molecule has 34 heavy (non-hydrogen) atoms. The molecule has 0 heterocycles. The van der Waals surface area contributed by atoms with Crippen LogP contribution >= 0.6 is 0 Å². The van der Waals surface area contributed by atoms with E-state index in [0.29, 0.717) is 6.07 Å². The van der Waals surface area contributed by atoms with Crippen molar-refractivity contribution >= 4 is 53.8 Å². The number of nitrogens with zero attached hydrogens (tertiary/aromatic N) is 4. The Morgan fingerprint density at radius 1 is 0.824 bits per heavy atom. The van der Waals surface area contributed by atoms with Crippen LogP contribution in [0.25, 0.3) is 10.8 Å². The van der Waals surface area contributed by atoms with E-state index in [0.717, 1.165) is 36.4 Å². The van der Waals surface area contributed by atoms with E-state index < -0.39 is 68.4 Å². The van der Waals surface area contributed by atoms with E-state index in [1.807, 2.05) is 0 Å². The summed E-state index contributed by atoms with van der Waals surface area (Å²) in [5, 5.41) is 39.1. The van der Waals surface area contributed by atoms with Crippen molar-refractivity contribution in [2.24, 2.45) is 10.2 Å². The molecule has 0 aliphatic heterocycles. The molecule has 0 radical (unpaired) electrons. The van der Waals surface area contributed by atoms with Gasteiger partial charge in [0, 0.05) is 11.5 Å². The molecule has 0 amide bonds. The van der Waals surface area contributed by atoms with Crippen molar-refractivity contribution in [3.8, 4) is 5.75 Å². The largest absolute Gasteiger partial charge is 1.00 e. The van der Waals surface area contributed by atoms with Gasteiger partial charge in [-0.1, -0.05) is 0 Å². The van der Waals surface area contributed by atoms with E-state index in [9.17, 15) is 46.7 Å². The fourth-order valence-electron chi connectivity index (χ4n) is 2.74. The third kappa shape index (κ3) is 5.53. The van der Waals surface area contributed by atoms with Crippen LogP contribution in [0.2, 0.25) is 0 Å². The molecule has 3 aromatic carbocycles. The second-order valence-corrected chi connectivity index (χ2v) is 9.10. The van der Waals surface area contributed by atoms with Crippen LogP contribution < -0.4 is 29.6 Å². The van der Waals surface area contributed by atoms with E-state index in [-0.39, 0.29) is 40.3 Å². The van der Waals surface area contributed by atoms with Gasteiger partial charge in [0.15, 0.2) is 11.4 Å². The van der Waals surface area contributed by atoms with Gasteiger partial charge in [0.25, 0.3) is 25.9 Å². The zero-order chi connectivity index (χ0) is 24.7. The first-order valence-electron chi connectivity index (χ1n) is 8.29. The summed E-state index contributed by atoms with van der Waals surface area (Å²) in [6.45, 7) is 0. The summed E-state index contributed by atoms with van der Waals surface area (Å²) in [6.07, 6.45) is 0. The summed E-state index contributed by atoms with van der Waals surface area (Å²) in [4.78, 5) is 18.5. The number of aromatic hydroxyl groups is 1. The zero-order valence-corrected chi connectivity index (χ0v) is 20.4. The number of rotatable bonds is 6. The second kappa shape index (κ2) is 9.66. The predicted octanol–water partition coefficient (Wildman–Crippen LogP) is 0.275. The van der Waals surface area contributed by atoms with E-state index in [1.54, 1.807) is 0 Å². The Bertz CT molecular complexity index is 1590. The number of hydrogen-bond acceptors (Lipinski definition) is 11. The van der Waals surface area contributed by atoms with Gasteiger partial charge in [-0.2, -0.15) is 16.8 Å². The van der Waals surface area contributed by atoms with Gasteiger partial charge < -0.3 is 5.11 Å². The predicted molar refractivity (Wildman–Crippen MR) is 109 cm³/mol. The molecule has 172 valence electrons. The van der Waals surface area contributed by atoms with Gasteiger partial charge in [-0.05, 0) is 35.7 Å². The van der Waals surface area contributed by atoms with Crippen molar-refractivity contribution in [1.29, 1.82) is 0 Å². The molecule has 3 N–H and O–H groups in total. The first kappa shape index (κ1) is 27.2. The van der Waals surface area contributed by atoms with Gasteiger partial charge in [0.1, 0.15) is 10.6 Å². The smallest absolute Gasteiger partial charge is 0.505 e. The maximum atomic E-state index is 11.8. The number of nitro benzene ring substituents is 2. The summed E-state index contributed by atoms with van der Waals surface area (Å²) in [5.74, 6) is -0.893. The molecule has 0 aromatic heterocycles. The number of azo groups is 1. The number of phenolic OH excluding ortho intramolecular Hbond substituents is 1. The maximum absolute atomic E-state index is 11.8. The van der Waals surface area contributed by atoms with Crippen LogP contribution in [0.3, 0.4) is 0 Å². The second-order valence-electron chi connectivity index (χ2n) is 6.29. The molecular weight excluding hydrogens is 511 g/mol. The van der Waals surface area contributed by atoms with Crippen LogP contribution in [0.1, 0.15) is 0 Å². The van der Waals surface area contributed by atoms with Crippen molar-refractivity contribution in [3.63, 3.8) is 0 Å². The number of nitro groups is 2. The molecule has 3 aromatic rings. The Kier molecular flexibility index (Phi) is 7.73. The molecule has 0 saturated carbocycles. The Morgan fingerprint density at radius 2 is 1.47 bits per heavy atom. The Labute approximate surface area is 211 Å². The summed E-state index contributed by atoms with van der Waals surface area (Å²) >= 11 is 0. The minimum absolute atomic E-state index is 0. The first-order chi connectivity index (χ1) is 15.2. The van der Waals surface area contributed by atoms with Crippen molar-refractivity contribution in [2.75, 3.05) is 0 Å². The molecule has 15 nitrogen and oxygen atoms in total. The summed E-state index contributed by atoms with van der Waals surface area (Å²) in [6, 6.07) is 5.79. The molecule has 0 spiro atoms. The SMILES string of the molecule is O=[N+]([O-])c1ccc(N=Nc2c(S(=O)(=O)O)cc3cc(S(=O)(=O)O)ccc3c2O)c([N+](=O)[O-])c1.[Na+]. The number of non-ortho nitro benzene ring substituents is 1. The maximum Gasteiger partial charge on any atom is 1.00 e. The van der Waals surface area contributed by atoms with Crippen LogP contribution in [-0.4, -0.2) is 40.9 Å². The van der Waals surface area contributed by atoms with Gasteiger partial charge >= 0.3 is 35.2 Å². The van der Waals surface area contributed by atoms with E-state index in [1.165, 1.54) is 0 Å². The number of phenols is 1. The molecule has 0 fully saturated rings. The van der Waals surface area contributed by atoms with Crippen LogP contribution in [0.4, 0.5) is 22.7 Å². The van der Waals surface area contributed by atoms with Gasteiger partial charge in [0.05, 0.1) is 20.8 Å². The average Bonchev–Trinajstić information content (AvgIpc) is 2.70. The Morgan fingerprint density at radius 3 is 2.00 bits per heavy atom. The third-order valence-corrected chi connectivity index (χ3v) is 5.94. The summed E-state index contributed by atoms with van der Waals surface area (Å²) < 4.78 is 65.0. The van der Waals surface area contributed by atoms with Crippen molar-refractivity contribution in [3.05, 3.63) is 62.7 Å². The fourth-order valence-corrected chi connectivity index (χ4v) is 3.92. The zero-order valence-electron chi connectivity index (χ0n) is 16.8. The quantitative estimate of drug-likeness (QED) is 0.131. The molecule has 3 rings (SSSR count). The number of benzene rings is 3. The van der Waals surface area contributed by atoms with Gasteiger partial charge in [-0.25, -0.2) is 0 Å². The molecule has 18 heteroatoms. The fraction of sp³-hybridized carbons (Fsp3) is 0. The van der Waals surface area contributed by atoms with Crippen molar-refractivity contribution in [2.45, 2.75) is 9.79 Å². The number of fused-ring (bicyclic) bond motifs is 1. The molecule has 0 bridgehead atoms. The minimum atomic E-state index is -5.09. The van der Waals surface area contributed by atoms with E-state index in [2.05, 4.69) is 10.2 Å². The standard InChI is InChI=1S/C16H10N4O11S2.Na/c21-16-11-3-2-10(32(26,27)28)5-8(11)6-14(33(29,30)31)15(16)18-17-12-4-1-9(19(22)23)7-13(12)20(24)25;/h1-7,21H,(H,26,27,28)(H,29,30,31);/q;+1. The molecule has 0 aliphatic carbocycles. The van der Waals surface area contributed by atoms with Crippen LogP contribution in [0, 0.1) is 20.2 Å². The Hall–Kier alpha value is -3.06. The molecule has 0 unspecified atom stereocenters. The molecule has 0 atom stereocenters. The van der Waals surface area contributed by atoms with E-state index in [4.69, 9.17) is 4.55 Å². The van der Waals surface area contributed by atoms with Crippen LogP contribution in [0.5, 0.6) is 5.75 Å². The normalized spacial score (nSPS) is 11.9. The third-order valence-electron chi connectivity index (χ3n) is 4.22.